The molecule has 1 saturated heterocycles. The van der Waals surface area contributed by atoms with Gasteiger partial charge in [-0.15, -0.1) is 11.3 Å². The molecular formula is C36H53N5O6S. The van der Waals surface area contributed by atoms with Crippen LogP contribution < -0.4 is 10.6 Å². The fraction of sp³-hybridized carbons (Fsp3) is 0.611. The number of carboxylic acid groups (broad SMARTS) is 1. The number of hydrogen-bond acceptors (Lipinski definition) is 8. The fourth-order valence-electron chi connectivity index (χ4n) is 6.20. The minimum Gasteiger partial charge on any atom is -0.481 e. The van der Waals surface area contributed by atoms with Crippen LogP contribution in [0.25, 0.3) is 0 Å². The summed E-state index contributed by atoms with van der Waals surface area (Å²) < 4.78 is 0. The molecule has 12 heteroatoms. The normalized spacial score (nSPS) is 18.3. The van der Waals surface area contributed by atoms with Gasteiger partial charge < -0.3 is 20.6 Å². The predicted octanol–water partition coefficient (Wildman–Crippen LogP) is 4.67. The summed E-state index contributed by atoms with van der Waals surface area (Å²) in [5.41, 5.74) is 1.05. The second-order valence-corrected chi connectivity index (χ2v) is 14.5. The number of Topliss-reactive ketones (excluding diaryl/α,β-unsaturated/α-hetero) is 1. The van der Waals surface area contributed by atoms with Crippen molar-refractivity contribution >= 4 is 40.8 Å². The number of carbonyl (C=O) groups excluding carboxylic acids is 4. The van der Waals surface area contributed by atoms with E-state index >= 15 is 0 Å². The molecule has 11 nitrogen and oxygen atoms in total. The van der Waals surface area contributed by atoms with Crippen molar-refractivity contribution < 1.29 is 29.1 Å². The van der Waals surface area contributed by atoms with Gasteiger partial charge in [0.2, 0.25) is 11.8 Å². The number of piperidine rings is 1. The molecule has 48 heavy (non-hydrogen) atoms. The number of nitrogens with zero attached hydrogens (tertiary/aromatic N) is 3. The van der Waals surface area contributed by atoms with Crippen LogP contribution in [0, 0.1) is 17.8 Å². The number of benzene rings is 1. The number of nitrogens with one attached hydrogen (secondary N) is 2. The largest absolute Gasteiger partial charge is 0.481 e. The van der Waals surface area contributed by atoms with Gasteiger partial charge in [0, 0.05) is 30.9 Å². The lowest BCUT2D eigenvalue weighted by Gasteiger charge is -2.37. The van der Waals surface area contributed by atoms with Gasteiger partial charge in [-0.05, 0) is 56.7 Å². The molecule has 0 radical (unpaired) electrons. The summed E-state index contributed by atoms with van der Waals surface area (Å²) in [7, 11) is 3.62. The quantitative estimate of drug-likeness (QED) is 0.204. The highest BCUT2D eigenvalue weighted by Gasteiger charge is 2.36. The number of aliphatic carboxylic acids is 1. The maximum atomic E-state index is 13.9. The monoisotopic (exact) mass is 683 g/mol. The SMILES string of the molecule is CCC(C)C(NC(=O)[C@H]1CCCCN1C)C(=O)N(C)C(CC(=O)c1nc(C(=O)NC(Cc2ccccc2)CC(C)C(=O)O)cs1)C(C)C. The average molecular weight is 684 g/mol. The number of thiazole rings is 1. The Hall–Kier alpha value is -3.64. The third kappa shape index (κ3) is 10.7. The molecule has 1 aromatic heterocycles. The Bertz CT molecular complexity index is 1400. The minimum atomic E-state index is -0.943. The van der Waals surface area contributed by atoms with Crippen molar-refractivity contribution in [2.45, 2.75) is 104 Å². The Morgan fingerprint density at radius 3 is 2.35 bits per heavy atom. The van der Waals surface area contributed by atoms with Crippen LogP contribution in [-0.2, 0) is 20.8 Å². The van der Waals surface area contributed by atoms with Crippen LogP contribution in [0.2, 0.25) is 0 Å². The maximum absolute atomic E-state index is 13.9. The highest BCUT2D eigenvalue weighted by molar-refractivity contribution is 7.11. The van der Waals surface area contributed by atoms with Crippen LogP contribution in [0.5, 0.6) is 0 Å². The van der Waals surface area contributed by atoms with E-state index in [-0.39, 0.29) is 59.0 Å². The summed E-state index contributed by atoms with van der Waals surface area (Å²) in [4.78, 5) is 73.5. The van der Waals surface area contributed by atoms with Crippen molar-refractivity contribution in [2.24, 2.45) is 17.8 Å². The van der Waals surface area contributed by atoms with Crippen molar-refractivity contribution in [3.8, 4) is 0 Å². The highest BCUT2D eigenvalue weighted by Crippen LogP contribution is 2.23. The summed E-state index contributed by atoms with van der Waals surface area (Å²) in [5.74, 6) is -2.93. The van der Waals surface area contributed by atoms with E-state index < -0.39 is 35.9 Å². The summed E-state index contributed by atoms with van der Waals surface area (Å²) in [6, 6.07) is 7.62. The molecular weight excluding hydrogens is 630 g/mol. The summed E-state index contributed by atoms with van der Waals surface area (Å²) in [5, 5.41) is 17.1. The number of rotatable bonds is 17. The number of aromatic nitrogens is 1. The predicted molar refractivity (Wildman–Crippen MR) is 187 cm³/mol. The van der Waals surface area contributed by atoms with Crippen molar-refractivity contribution in [3.63, 3.8) is 0 Å². The third-order valence-electron chi connectivity index (χ3n) is 9.55. The first-order chi connectivity index (χ1) is 22.7. The Kier molecular flexibility index (Phi) is 14.7. The molecule has 0 aliphatic carbocycles. The van der Waals surface area contributed by atoms with E-state index in [1.165, 1.54) is 5.38 Å². The lowest BCUT2D eigenvalue weighted by molar-refractivity contribution is -0.141. The molecule has 1 aliphatic heterocycles. The second kappa shape index (κ2) is 18.2. The van der Waals surface area contributed by atoms with E-state index in [1.807, 2.05) is 70.0 Å². The van der Waals surface area contributed by atoms with Crippen molar-refractivity contribution in [1.29, 1.82) is 0 Å². The molecule has 5 unspecified atom stereocenters. The first-order valence-corrected chi connectivity index (χ1v) is 17.9. The summed E-state index contributed by atoms with van der Waals surface area (Å²) in [6.07, 6.45) is 4.16. The zero-order valence-corrected chi connectivity index (χ0v) is 30.2. The molecule has 0 saturated carbocycles. The first-order valence-electron chi connectivity index (χ1n) is 17.1. The average Bonchev–Trinajstić information content (AvgIpc) is 3.56. The van der Waals surface area contributed by atoms with Crippen LogP contribution in [0.4, 0.5) is 0 Å². The third-order valence-corrected chi connectivity index (χ3v) is 10.4. The highest BCUT2D eigenvalue weighted by atomic mass is 32.1. The van der Waals surface area contributed by atoms with Crippen LogP contribution in [0.1, 0.15) is 99.0 Å². The Labute approximate surface area is 288 Å². The number of carbonyl (C=O) groups is 5. The van der Waals surface area contributed by atoms with E-state index in [1.54, 1.807) is 18.9 Å². The number of ketones is 1. The first kappa shape index (κ1) is 38.8. The molecule has 264 valence electrons. The number of likely N-dealkylation sites (tertiary alicyclic amines) is 1. The molecule has 1 aromatic carbocycles. The zero-order valence-electron chi connectivity index (χ0n) is 29.4. The molecule has 6 atom stereocenters. The minimum absolute atomic E-state index is 0.00771. The van der Waals surface area contributed by atoms with Gasteiger partial charge >= 0.3 is 5.97 Å². The van der Waals surface area contributed by atoms with Gasteiger partial charge in [-0.1, -0.05) is 77.8 Å². The van der Waals surface area contributed by atoms with Gasteiger partial charge in [0.25, 0.3) is 5.91 Å². The van der Waals surface area contributed by atoms with Gasteiger partial charge in [-0.3, -0.25) is 28.9 Å². The molecule has 1 aliphatic rings. The molecule has 3 N–H and O–H groups in total. The molecule has 0 spiro atoms. The second-order valence-electron chi connectivity index (χ2n) is 13.6. The van der Waals surface area contributed by atoms with Crippen molar-refractivity contribution in [2.75, 3.05) is 20.6 Å². The lowest BCUT2D eigenvalue weighted by Crippen LogP contribution is -2.58. The van der Waals surface area contributed by atoms with E-state index in [4.69, 9.17) is 0 Å². The van der Waals surface area contributed by atoms with Gasteiger partial charge in [0.1, 0.15) is 11.7 Å². The molecule has 1 fully saturated rings. The van der Waals surface area contributed by atoms with Crippen LogP contribution in [0.3, 0.4) is 0 Å². The topological polar surface area (TPSA) is 149 Å². The van der Waals surface area contributed by atoms with Crippen LogP contribution in [0.15, 0.2) is 35.7 Å². The standard InChI is InChI=1S/C36H53N5O6S/c1-8-23(4)31(39-33(44)28-16-12-13-17-40(28)6)35(45)41(7)29(22(2)3)20-30(42)34-38-27(21-48-34)32(43)37-26(18-24(5)36(46)47)19-25-14-10-9-11-15-25/h9-11,14-15,21-24,26,28-29,31H,8,12-13,16-20H2,1-7H3,(H,37,43)(H,39,44)(H,46,47)/t23?,24?,26?,28-,29?,31?/m1/s1. The number of carboxylic acids is 1. The number of hydrogen-bond donors (Lipinski definition) is 3. The van der Waals surface area contributed by atoms with E-state index in [0.717, 1.165) is 42.7 Å². The molecule has 3 amide bonds. The van der Waals surface area contributed by atoms with Gasteiger partial charge in [-0.25, -0.2) is 4.98 Å². The van der Waals surface area contributed by atoms with Crippen LogP contribution in [-0.4, -0.2) is 94.2 Å². The van der Waals surface area contributed by atoms with Crippen LogP contribution >= 0.6 is 11.3 Å². The maximum Gasteiger partial charge on any atom is 0.306 e. The Morgan fingerprint density at radius 1 is 1.06 bits per heavy atom. The van der Waals surface area contributed by atoms with Gasteiger partial charge in [0.05, 0.1) is 12.0 Å². The Morgan fingerprint density at radius 2 is 1.75 bits per heavy atom. The summed E-state index contributed by atoms with van der Waals surface area (Å²) in [6.45, 7) is 10.3. The fourth-order valence-corrected chi connectivity index (χ4v) is 6.95. The molecule has 0 bridgehead atoms. The smallest absolute Gasteiger partial charge is 0.306 e. The molecule has 2 heterocycles. The summed E-state index contributed by atoms with van der Waals surface area (Å²) >= 11 is 1.07. The number of likely N-dealkylation sites (N-methyl/N-ethyl adjacent to an activating group) is 2. The van der Waals surface area contributed by atoms with E-state index in [9.17, 15) is 29.1 Å². The molecule has 2 aromatic rings. The van der Waals surface area contributed by atoms with Gasteiger partial charge in [-0.2, -0.15) is 0 Å². The number of amides is 3. The Balaban J connectivity index is 1.71. The van der Waals surface area contributed by atoms with E-state index in [0.29, 0.717) is 12.8 Å². The van der Waals surface area contributed by atoms with Crippen molar-refractivity contribution in [3.05, 3.63) is 52.0 Å². The molecule has 3 rings (SSSR count). The van der Waals surface area contributed by atoms with E-state index in [2.05, 4.69) is 15.6 Å². The van der Waals surface area contributed by atoms with Crippen molar-refractivity contribution in [1.82, 2.24) is 25.4 Å². The zero-order chi connectivity index (χ0) is 35.5. The van der Waals surface area contributed by atoms with Gasteiger partial charge in [0.15, 0.2) is 10.8 Å². The lowest BCUT2D eigenvalue weighted by atomic mass is 9.93.